The molecule has 0 amide bonds. The number of rotatable bonds is 2. The molecule has 4 rings (SSSR count). The molecule has 140 valence electrons. The van der Waals surface area contributed by atoms with Crippen molar-refractivity contribution >= 4 is 11.3 Å². The second-order valence-electron chi connectivity index (χ2n) is 9.17. The molecule has 0 bridgehead atoms. The number of aromatic nitrogens is 2. The zero-order valence-corrected chi connectivity index (χ0v) is 18.0. The molecular formula is C24H28N2S. The number of fused-ring (bicyclic) bond motifs is 1. The fourth-order valence-corrected chi connectivity index (χ4v) is 4.96. The Balaban J connectivity index is 1.79. The highest BCUT2D eigenvalue weighted by Crippen LogP contribution is 2.45. The summed E-state index contributed by atoms with van der Waals surface area (Å²) in [6.07, 6.45) is 4.30. The minimum Gasteiger partial charge on any atom is -0.256 e. The summed E-state index contributed by atoms with van der Waals surface area (Å²) in [6, 6.07) is 11.0. The van der Waals surface area contributed by atoms with Crippen LogP contribution < -0.4 is 0 Å². The first-order valence-electron chi connectivity index (χ1n) is 9.73. The Morgan fingerprint density at radius 3 is 2.19 bits per heavy atom. The number of aryl methyl sites for hydroxylation is 2. The van der Waals surface area contributed by atoms with Crippen LogP contribution in [0.1, 0.15) is 62.4 Å². The number of hydrogen-bond acceptors (Lipinski definition) is 3. The third-order valence-corrected chi connectivity index (χ3v) is 7.04. The Labute approximate surface area is 166 Å². The van der Waals surface area contributed by atoms with Crippen molar-refractivity contribution in [2.75, 3.05) is 0 Å². The van der Waals surface area contributed by atoms with E-state index in [-0.39, 0.29) is 10.8 Å². The third kappa shape index (κ3) is 3.23. The van der Waals surface area contributed by atoms with Crippen LogP contribution >= 0.6 is 11.3 Å². The van der Waals surface area contributed by atoms with Crippen molar-refractivity contribution < 1.29 is 0 Å². The fraction of sp³-hybridized carbons (Fsp3) is 0.417. The van der Waals surface area contributed by atoms with E-state index in [2.05, 4.69) is 71.9 Å². The first-order valence-corrected chi connectivity index (χ1v) is 10.5. The average molecular weight is 377 g/mol. The van der Waals surface area contributed by atoms with E-state index in [1.807, 2.05) is 17.5 Å². The molecule has 1 aromatic carbocycles. The Kier molecular flexibility index (Phi) is 4.27. The van der Waals surface area contributed by atoms with E-state index in [0.29, 0.717) is 0 Å². The van der Waals surface area contributed by atoms with Gasteiger partial charge in [-0.1, -0.05) is 57.5 Å². The van der Waals surface area contributed by atoms with Gasteiger partial charge in [0.05, 0.1) is 28.2 Å². The Morgan fingerprint density at radius 1 is 0.889 bits per heavy atom. The minimum absolute atomic E-state index is 0.0833. The maximum atomic E-state index is 5.14. The number of benzene rings is 1. The zero-order chi connectivity index (χ0) is 19.4. The molecule has 3 heteroatoms. The normalized spacial score (nSPS) is 17.6. The standard InChI is InChI=1S/C24H28N2S/c1-15-7-9-17(10-8-15)18-13-20(27-16(18)2)19-14-25-21-22(26-19)24(5,6)12-11-23(21,3)4/h7-10,13-14H,11-12H2,1-6H3. The van der Waals surface area contributed by atoms with E-state index >= 15 is 0 Å². The molecular weight excluding hydrogens is 348 g/mol. The van der Waals surface area contributed by atoms with Gasteiger partial charge in [0.1, 0.15) is 0 Å². The van der Waals surface area contributed by atoms with Gasteiger partial charge in [-0.3, -0.25) is 4.98 Å². The smallest absolute Gasteiger partial charge is 0.0988 e. The predicted octanol–water partition coefficient (Wildman–Crippen LogP) is 6.84. The zero-order valence-electron chi connectivity index (χ0n) is 17.2. The predicted molar refractivity (Wildman–Crippen MR) is 116 cm³/mol. The van der Waals surface area contributed by atoms with E-state index < -0.39 is 0 Å². The van der Waals surface area contributed by atoms with Gasteiger partial charge in [-0.05, 0) is 43.9 Å². The van der Waals surface area contributed by atoms with Crippen LogP contribution in [0, 0.1) is 13.8 Å². The number of hydrogen-bond donors (Lipinski definition) is 0. The van der Waals surface area contributed by atoms with Crippen LogP contribution in [0.4, 0.5) is 0 Å². The van der Waals surface area contributed by atoms with E-state index in [1.165, 1.54) is 37.8 Å². The van der Waals surface area contributed by atoms with Crippen molar-refractivity contribution in [3.8, 4) is 21.7 Å². The molecule has 0 atom stereocenters. The van der Waals surface area contributed by atoms with Gasteiger partial charge in [0, 0.05) is 15.7 Å². The minimum atomic E-state index is 0.0833. The molecule has 2 aromatic heterocycles. The molecule has 2 nitrogen and oxygen atoms in total. The van der Waals surface area contributed by atoms with Gasteiger partial charge in [0.2, 0.25) is 0 Å². The Hall–Kier alpha value is -2.00. The van der Waals surface area contributed by atoms with Gasteiger partial charge in [-0.15, -0.1) is 11.3 Å². The highest BCUT2D eigenvalue weighted by Gasteiger charge is 2.39. The molecule has 0 unspecified atom stereocenters. The summed E-state index contributed by atoms with van der Waals surface area (Å²) < 4.78 is 0. The Bertz CT molecular complexity index is 994. The number of thiophene rings is 1. The van der Waals surface area contributed by atoms with Crippen LogP contribution in [-0.4, -0.2) is 9.97 Å². The summed E-state index contributed by atoms with van der Waals surface area (Å²) in [5, 5.41) is 0. The van der Waals surface area contributed by atoms with Gasteiger partial charge in [-0.25, -0.2) is 4.98 Å². The van der Waals surface area contributed by atoms with Gasteiger partial charge in [0.15, 0.2) is 0 Å². The molecule has 2 heterocycles. The fourth-order valence-electron chi connectivity index (χ4n) is 3.96. The van der Waals surface area contributed by atoms with Gasteiger partial charge >= 0.3 is 0 Å². The van der Waals surface area contributed by atoms with Crippen LogP contribution in [0.15, 0.2) is 36.5 Å². The van der Waals surface area contributed by atoms with Crippen LogP contribution in [-0.2, 0) is 10.8 Å². The van der Waals surface area contributed by atoms with Crippen LogP contribution in [0.5, 0.6) is 0 Å². The summed E-state index contributed by atoms with van der Waals surface area (Å²) in [4.78, 5) is 12.6. The maximum Gasteiger partial charge on any atom is 0.0988 e. The van der Waals surface area contributed by atoms with E-state index in [0.717, 1.165) is 18.5 Å². The lowest BCUT2D eigenvalue weighted by atomic mass is 9.67. The maximum absolute atomic E-state index is 5.14. The van der Waals surface area contributed by atoms with Crippen LogP contribution in [0.3, 0.4) is 0 Å². The summed E-state index contributed by atoms with van der Waals surface area (Å²) in [7, 11) is 0. The summed E-state index contributed by atoms with van der Waals surface area (Å²) in [5.74, 6) is 0. The van der Waals surface area contributed by atoms with Crippen molar-refractivity contribution in [1.29, 1.82) is 0 Å². The second-order valence-corrected chi connectivity index (χ2v) is 10.4. The number of nitrogens with zero attached hydrogens (tertiary/aromatic N) is 2. The molecule has 0 spiro atoms. The summed E-state index contributed by atoms with van der Waals surface area (Å²) in [6.45, 7) is 13.5. The quantitative estimate of drug-likeness (QED) is 0.489. The van der Waals surface area contributed by atoms with Crippen molar-refractivity contribution in [3.05, 3.63) is 58.4 Å². The Morgan fingerprint density at radius 2 is 1.52 bits per heavy atom. The molecule has 0 saturated carbocycles. The average Bonchev–Trinajstić information content (AvgIpc) is 3.01. The van der Waals surface area contributed by atoms with Gasteiger partial charge in [0.25, 0.3) is 0 Å². The largest absolute Gasteiger partial charge is 0.256 e. The first kappa shape index (κ1) is 18.4. The lowest BCUT2D eigenvalue weighted by molar-refractivity contribution is 0.314. The molecule has 1 aliphatic carbocycles. The molecule has 0 aliphatic heterocycles. The van der Waals surface area contributed by atoms with Crippen molar-refractivity contribution in [3.63, 3.8) is 0 Å². The van der Waals surface area contributed by atoms with Crippen molar-refractivity contribution in [1.82, 2.24) is 9.97 Å². The lowest BCUT2D eigenvalue weighted by Crippen LogP contribution is -2.36. The molecule has 1 aliphatic rings. The molecule has 27 heavy (non-hydrogen) atoms. The molecule has 0 N–H and O–H groups in total. The molecule has 0 radical (unpaired) electrons. The molecule has 0 saturated heterocycles. The topological polar surface area (TPSA) is 25.8 Å². The van der Waals surface area contributed by atoms with E-state index in [4.69, 9.17) is 9.97 Å². The lowest BCUT2D eigenvalue weighted by Gasteiger charge is -2.39. The van der Waals surface area contributed by atoms with Gasteiger partial charge in [-0.2, -0.15) is 0 Å². The summed E-state index contributed by atoms with van der Waals surface area (Å²) in [5.41, 5.74) is 7.41. The SMILES string of the molecule is Cc1ccc(-c2cc(-c3cnc4c(n3)C(C)(C)CCC4(C)C)sc2C)cc1. The van der Waals surface area contributed by atoms with E-state index in [9.17, 15) is 0 Å². The van der Waals surface area contributed by atoms with Crippen LogP contribution in [0.25, 0.3) is 21.7 Å². The monoisotopic (exact) mass is 376 g/mol. The third-order valence-electron chi connectivity index (χ3n) is 5.96. The highest BCUT2D eigenvalue weighted by molar-refractivity contribution is 7.15. The molecule has 0 fully saturated rings. The van der Waals surface area contributed by atoms with E-state index in [1.54, 1.807) is 0 Å². The van der Waals surface area contributed by atoms with Crippen molar-refractivity contribution in [2.24, 2.45) is 0 Å². The summed E-state index contributed by atoms with van der Waals surface area (Å²) >= 11 is 1.81. The van der Waals surface area contributed by atoms with Crippen molar-refractivity contribution in [2.45, 2.75) is 65.2 Å². The van der Waals surface area contributed by atoms with Gasteiger partial charge < -0.3 is 0 Å². The first-order chi connectivity index (χ1) is 12.7. The molecule has 3 aromatic rings. The van der Waals surface area contributed by atoms with Crippen LogP contribution in [0.2, 0.25) is 0 Å². The highest BCUT2D eigenvalue weighted by atomic mass is 32.1. The second kappa shape index (κ2) is 6.27.